The van der Waals surface area contributed by atoms with Crippen molar-refractivity contribution in [2.45, 2.75) is 45.7 Å². The van der Waals surface area contributed by atoms with E-state index < -0.39 is 0 Å². The van der Waals surface area contributed by atoms with Crippen LogP contribution in [-0.4, -0.2) is 36.6 Å². The maximum absolute atomic E-state index is 3.68. The fraction of sp³-hybridized carbons (Fsp3) is 0.733. The number of hydrogen-bond donors (Lipinski definition) is 1. The molecule has 1 N–H and O–H groups in total. The van der Waals surface area contributed by atoms with Gasteiger partial charge in [0.1, 0.15) is 0 Å². The summed E-state index contributed by atoms with van der Waals surface area (Å²) in [5, 5.41) is 5.86. The highest BCUT2D eigenvalue weighted by Crippen LogP contribution is 2.15. The molecule has 1 aliphatic heterocycles. The van der Waals surface area contributed by atoms with Crippen LogP contribution in [-0.2, 0) is 6.42 Å². The van der Waals surface area contributed by atoms with Gasteiger partial charge in [0.05, 0.1) is 0 Å². The smallest absolute Gasteiger partial charge is 0.0198 e. The summed E-state index contributed by atoms with van der Waals surface area (Å²) in [6.45, 7) is 10.5. The molecule has 0 spiro atoms. The lowest BCUT2D eigenvalue weighted by atomic mass is 10.00. The van der Waals surface area contributed by atoms with Gasteiger partial charge in [-0.2, -0.15) is 0 Å². The molecule has 18 heavy (non-hydrogen) atoms. The minimum Gasteiger partial charge on any atom is -0.311 e. The molecule has 0 aromatic carbocycles. The molecule has 1 aliphatic rings. The summed E-state index contributed by atoms with van der Waals surface area (Å²) >= 11 is 1.88. The third-order valence-corrected chi connectivity index (χ3v) is 4.70. The molecule has 0 saturated carbocycles. The van der Waals surface area contributed by atoms with Crippen molar-refractivity contribution in [2.75, 3.05) is 19.6 Å². The van der Waals surface area contributed by atoms with Crippen LogP contribution in [0.3, 0.4) is 0 Å². The van der Waals surface area contributed by atoms with Gasteiger partial charge in [-0.1, -0.05) is 19.9 Å². The highest BCUT2D eigenvalue weighted by Gasteiger charge is 2.24. The fourth-order valence-electron chi connectivity index (χ4n) is 2.74. The van der Waals surface area contributed by atoms with Crippen LogP contribution in [0.4, 0.5) is 0 Å². The van der Waals surface area contributed by atoms with Gasteiger partial charge in [0.15, 0.2) is 0 Å². The van der Waals surface area contributed by atoms with Crippen LogP contribution < -0.4 is 5.32 Å². The van der Waals surface area contributed by atoms with Crippen LogP contribution >= 0.6 is 11.3 Å². The topological polar surface area (TPSA) is 15.3 Å². The third kappa shape index (κ3) is 4.08. The zero-order chi connectivity index (χ0) is 13.0. The lowest BCUT2D eigenvalue weighted by molar-refractivity contribution is 0.134. The molecule has 2 atom stereocenters. The second-order valence-corrected chi connectivity index (χ2v) is 6.94. The number of thiophene rings is 1. The molecule has 0 bridgehead atoms. The normalized spacial score (nSPS) is 25.8. The largest absolute Gasteiger partial charge is 0.311 e. The van der Waals surface area contributed by atoms with E-state index in [4.69, 9.17) is 0 Å². The first-order chi connectivity index (χ1) is 8.65. The summed E-state index contributed by atoms with van der Waals surface area (Å²) in [7, 11) is 0. The first-order valence-corrected chi connectivity index (χ1v) is 8.03. The average molecular weight is 266 g/mol. The van der Waals surface area contributed by atoms with Crippen LogP contribution in [0, 0.1) is 5.92 Å². The number of rotatable bonds is 5. The predicted molar refractivity (Wildman–Crippen MR) is 80.3 cm³/mol. The summed E-state index contributed by atoms with van der Waals surface area (Å²) in [6, 6.07) is 5.77. The minimum absolute atomic E-state index is 0.674. The SMILES string of the molecule is CC(C)CC1CN(CCc2cccs2)C(C)CN1. The number of piperazine rings is 1. The van der Waals surface area contributed by atoms with E-state index in [1.165, 1.54) is 30.8 Å². The fourth-order valence-corrected chi connectivity index (χ4v) is 3.44. The molecule has 3 heteroatoms. The van der Waals surface area contributed by atoms with Gasteiger partial charge in [-0.15, -0.1) is 11.3 Å². The molecule has 1 aromatic heterocycles. The molecule has 2 rings (SSSR count). The summed E-state index contributed by atoms with van der Waals surface area (Å²) < 4.78 is 0. The second kappa shape index (κ2) is 6.69. The van der Waals surface area contributed by atoms with E-state index in [1.807, 2.05) is 11.3 Å². The van der Waals surface area contributed by atoms with Crippen molar-refractivity contribution >= 4 is 11.3 Å². The zero-order valence-corrected chi connectivity index (χ0v) is 12.7. The molecule has 1 saturated heterocycles. The summed E-state index contributed by atoms with van der Waals surface area (Å²) in [6.07, 6.45) is 2.50. The molecule has 102 valence electrons. The van der Waals surface area contributed by atoms with Gasteiger partial charge in [-0.05, 0) is 37.1 Å². The molecule has 2 unspecified atom stereocenters. The summed E-state index contributed by atoms with van der Waals surface area (Å²) in [5.74, 6) is 0.787. The van der Waals surface area contributed by atoms with Crippen LogP contribution in [0.5, 0.6) is 0 Å². The molecule has 0 radical (unpaired) electrons. The van der Waals surface area contributed by atoms with Crippen molar-refractivity contribution in [2.24, 2.45) is 5.92 Å². The molecule has 0 aliphatic carbocycles. The quantitative estimate of drug-likeness (QED) is 0.881. The molecule has 2 heterocycles. The Hall–Kier alpha value is -0.380. The van der Waals surface area contributed by atoms with E-state index in [0.717, 1.165) is 12.5 Å². The lowest BCUT2D eigenvalue weighted by Gasteiger charge is -2.39. The lowest BCUT2D eigenvalue weighted by Crippen LogP contribution is -2.56. The van der Waals surface area contributed by atoms with E-state index >= 15 is 0 Å². The number of nitrogens with zero attached hydrogens (tertiary/aromatic N) is 1. The van der Waals surface area contributed by atoms with Gasteiger partial charge in [-0.3, -0.25) is 4.90 Å². The summed E-state index contributed by atoms with van der Waals surface area (Å²) in [4.78, 5) is 4.17. The maximum atomic E-state index is 3.68. The molecule has 1 aromatic rings. The van der Waals surface area contributed by atoms with Crippen LogP contribution in [0.2, 0.25) is 0 Å². The van der Waals surface area contributed by atoms with Crippen LogP contribution in [0.15, 0.2) is 17.5 Å². The highest BCUT2D eigenvalue weighted by atomic mass is 32.1. The Balaban J connectivity index is 1.81. The average Bonchev–Trinajstić information content (AvgIpc) is 2.82. The van der Waals surface area contributed by atoms with Gasteiger partial charge >= 0.3 is 0 Å². The molecule has 2 nitrogen and oxygen atoms in total. The van der Waals surface area contributed by atoms with E-state index in [2.05, 4.69) is 48.5 Å². The first kappa shape index (κ1) is 14.0. The van der Waals surface area contributed by atoms with Gasteiger partial charge in [0, 0.05) is 36.6 Å². The standard InChI is InChI=1S/C15H26N2S/c1-12(2)9-14-11-17(13(3)10-16-14)7-6-15-5-4-8-18-15/h4-5,8,12-14,16H,6-7,9-11H2,1-3H3. The summed E-state index contributed by atoms with van der Waals surface area (Å²) in [5.41, 5.74) is 0. The van der Waals surface area contributed by atoms with Crippen molar-refractivity contribution < 1.29 is 0 Å². The Morgan fingerprint density at radius 3 is 3.00 bits per heavy atom. The zero-order valence-electron chi connectivity index (χ0n) is 11.9. The van der Waals surface area contributed by atoms with Crippen LogP contribution in [0.25, 0.3) is 0 Å². The van der Waals surface area contributed by atoms with Crippen molar-refractivity contribution in [3.8, 4) is 0 Å². The van der Waals surface area contributed by atoms with Gasteiger partial charge in [0.25, 0.3) is 0 Å². The van der Waals surface area contributed by atoms with E-state index in [-0.39, 0.29) is 0 Å². The third-order valence-electron chi connectivity index (χ3n) is 3.76. The van der Waals surface area contributed by atoms with E-state index in [9.17, 15) is 0 Å². The van der Waals surface area contributed by atoms with Crippen molar-refractivity contribution in [3.05, 3.63) is 22.4 Å². The Morgan fingerprint density at radius 1 is 1.50 bits per heavy atom. The molecular weight excluding hydrogens is 240 g/mol. The molecule has 1 fully saturated rings. The monoisotopic (exact) mass is 266 g/mol. The van der Waals surface area contributed by atoms with Gasteiger partial charge < -0.3 is 5.32 Å². The van der Waals surface area contributed by atoms with Gasteiger partial charge in [-0.25, -0.2) is 0 Å². The Kier molecular flexibility index (Phi) is 5.22. The van der Waals surface area contributed by atoms with Crippen molar-refractivity contribution in [1.29, 1.82) is 0 Å². The van der Waals surface area contributed by atoms with E-state index in [1.54, 1.807) is 0 Å². The van der Waals surface area contributed by atoms with Gasteiger partial charge in [0.2, 0.25) is 0 Å². The number of nitrogens with one attached hydrogen (secondary N) is 1. The van der Waals surface area contributed by atoms with Crippen molar-refractivity contribution in [1.82, 2.24) is 10.2 Å². The predicted octanol–water partition coefficient (Wildman–Crippen LogP) is 3.00. The molecule has 0 amide bonds. The Bertz CT molecular complexity index is 334. The first-order valence-electron chi connectivity index (χ1n) is 7.15. The Labute approximate surface area is 115 Å². The Morgan fingerprint density at radius 2 is 2.33 bits per heavy atom. The minimum atomic E-state index is 0.674. The number of hydrogen-bond acceptors (Lipinski definition) is 3. The second-order valence-electron chi connectivity index (χ2n) is 5.91. The maximum Gasteiger partial charge on any atom is 0.0198 e. The van der Waals surface area contributed by atoms with E-state index in [0.29, 0.717) is 12.1 Å². The highest BCUT2D eigenvalue weighted by molar-refractivity contribution is 7.09. The molecular formula is C15H26N2S. The van der Waals surface area contributed by atoms with Crippen molar-refractivity contribution in [3.63, 3.8) is 0 Å². The van der Waals surface area contributed by atoms with Crippen LogP contribution in [0.1, 0.15) is 32.1 Å².